The van der Waals surface area contributed by atoms with Crippen molar-refractivity contribution in [1.82, 2.24) is 9.55 Å². The van der Waals surface area contributed by atoms with E-state index in [1.165, 1.54) is 10.8 Å². The van der Waals surface area contributed by atoms with E-state index in [9.17, 15) is 9.59 Å². The summed E-state index contributed by atoms with van der Waals surface area (Å²) < 4.78 is 11.8. The average Bonchev–Trinajstić information content (AvgIpc) is 3.04. The molecule has 2 heterocycles. The summed E-state index contributed by atoms with van der Waals surface area (Å²) in [4.78, 5) is 28.3. The molecule has 0 bridgehead atoms. The molecule has 0 aromatic carbocycles. The van der Waals surface area contributed by atoms with Crippen LogP contribution in [0.5, 0.6) is 0 Å². The molecular formula is C16H25N3O5. The van der Waals surface area contributed by atoms with Crippen LogP contribution in [0.4, 0.5) is 5.82 Å². The van der Waals surface area contributed by atoms with Crippen LogP contribution in [0, 0.1) is 5.92 Å². The van der Waals surface area contributed by atoms with Gasteiger partial charge in [-0.2, -0.15) is 4.98 Å². The lowest BCUT2D eigenvalue weighted by atomic mass is 9.98. The molecule has 3 atom stereocenters. The van der Waals surface area contributed by atoms with Gasteiger partial charge in [0.15, 0.2) is 12.5 Å². The third-order valence-corrected chi connectivity index (χ3v) is 4.04. The molecule has 1 saturated heterocycles. The van der Waals surface area contributed by atoms with Crippen molar-refractivity contribution in [3.8, 4) is 0 Å². The van der Waals surface area contributed by atoms with Gasteiger partial charge < -0.3 is 19.9 Å². The molecular weight excluding hydrogens is 314 g/mol. The smallest absolute Gasteiger partial charge is 0.351 e. The Morgan fingerprint density at radius 1 is 1.54 bits per heavy atom. The lowest BCUT2D eigenvalue weighted by molar-refractivity contribution is -0.120. The minimum Gasteiger partial charge on any atom is -0.391 e. The maximum atomic E-state index is 12.3. The van der Waals surface area contributed by atoms with E-state index >= 15 is 0 Å². The molecule has 1 aliphatic heterocycles. The number of rotatable bonds is 8. The zero-order chi connectivity index (χ0) is 17.5. The Morgan fingerprint density at radius 3 is 2.92 bits per heavy atom. The maximum absolute atomic E-state index is 12.3. The minimum absolute atomic E-state index is 0.0777. The molecule has 0 radical (unpaired) electrons. The Bertz CT molecular complexity index is 604. The van der Waals surface area contributed by atoms with Crippen molar-refractivity contribution in [2.24, 2.45) is 5.92 Å². The highest BCUT2D eigenvalue weighted by molar-refractivity contribution is 5.91. The Morgan fingerprint density at radius 2 is 2.33 bits per heavy atom. The number of nitrogens with one attached hydrogen (secondary N) is 1. The van der Waals surface area contributed by atoms with Gasteiger partial charge in [0.25, 0.3) is 0 Å². The predicted octanol–water partition coefficient (Wildman–Crippen LogP) is 1.26. The quantitative estimate of drug-likeness (QED) is 0.739. The first kappa shape index (κ1) is 18.6. The van der Waals surface area contributed by atoms with Crippen LogP contribution in [-0.4, -0.2) is 40.1 Å². The number of amides is 1. The number of hydrogen-bond acceptors (Lipinski definition) is 6. The first-order valence-corrected chi connectivity index (χ1v) is 8.37. The highest BCUT2D eigenvalue weighted by Gasteiger charge is 2.27. The fourth-order valence-electron chi connectivity index (χ4n) is 2.59. The molecule has 8 nitrogen and oxygen atoms in total. The summed E-state index contributed by atoms with van der Waals surface area (Å²) in [5, 5.41) is 11.7. The first-order chi connectivity index (χ1) is 11.6. The van der Waals surface area contributed by atoms with Crippen LogP contribution < -0.4 is 11.0 Å². The number of ether oxygens (including phenoxy) is 2. The monoisotopic (exact) mass is 339 g/mol. The van der Waals surface area contributed by atoms with Crippen molar-refractivity contribution < 1.29 is 19.4 Å². The molecule has 1 unspecified atom stereocenters. The second kappa shape index (κ2) is 8.91. The van der Waals surface area contributed by atoms with Gasteiger partial charge in [-0.15, -0.1) is 0 Å². The first-order valence-electron chi connectivity index (χ1n) is 8.37. The maximum Gasteiger partial charge on any atom is 0.351 e. The molecule has 24 heavy (non-hydrogen) atoms. The highest BCUT2D eigenvalue weighted by Crippen LogP contribution is 2.19. The predicted molar refractivity (Wildman–Crippen MR) is 87.4 cm³/mol. The van der Waals surface area contributed by atoms with Crippen LogP contribution in [0.3, 0.4) is 0 Å². The largest absolute Gasteiger partial charge is 0.391 e. The van der Waals surface area contributed by atoms with Gasteiger partial charge in [-0.1, -0.05) is 26.7 Å². The number of carbonyl (C=O) groups excluding carboxylic acids is 1. The number of aliphatic hydroxyl groups excluding tert-OH is 1. The van der Waals surface area contributed by atoms with Gasteiger partial charge in [0, 0.05) is 12.1 Å². The van der Waals surface area contributed by atoms with Gasteiger partial charge >= 0.3 is 5.69 Å². The highest BCUT2D eigenvalue weighted by atomic mass is 16.7. The van der Waals surface area contributed by atoms with Gasteiger partial charge in [0.2, 0.25) is 5.91 Å². The van der Waals surface area contributed by atoms with Gasteiger partial charge in [0.1, 0.15) is 5.82 Å². The summed E-state index contributed by atoms with van der Waals surface area (Å²) in [6.07, 6.45) is 3.75. The summed E-state index contributed by atoms with van der Waals surface area (Å²) in [5.74, 6) is 0.0382. The summed E-state index contributed by atoms with van der Waals surface area (Å²) in [5.41, 5.74) is -0.540. The van der Waals surface area contributed by atoms with E-state index in [2.05, 4.69) is 17.2 Å². The lowest BCUT2D eigenvalue weighted by Crippen LogP contribution is -2.30. The summed E-state index contributed by atoms with van der Waals surface area (Å²) in [6, 6.07) is 1.56. The zero-order valence-corrected chi connectivity index (χ0v) is 14.1. The normalized spacial score (nSPS) is 21.6. The fourth-order valence-corrected chi connectivity index (χ4v) is 2.59. The van der Waals surface area contributed by atoms with Gasteiger partial charge in [-0.05, 0) is 18.9 Å². The molecule has 0 saturated carbocycles. The lowest BCUT2D eigenvalue weighted by Gasteiger charge is -2.15. The van der Waals surface area contributed by atoms with Crippen molar-refractivity contribution in [2.45, 2.75) is 52.0 Å². The second-order valence-corrected chi connectivity index (χ2v) is 5.78. The van der Waals surface area contributed by atoms with Crippen LogP contribution in [-0.2, 0) is 14.3 Å². The zero-order valence-electron chi connectivity index (χ0n) is 14.1. The van der Waals surface area contributed by atoms with Crippen LogP contribution in [0.1, 0.15) is 45.8 Å². The third-order valence-electron chi connectivity index (χ3n) is 4.04. The molecule has 2 rings (SSSR count). The molecule has 0 aliphatic carbocycles. The van der Waals surface area contributed by atoms with Gasteiger partial charge in [-0.25, -0.2) is 4.79 Å². The molecule has 134 valence electrons. The van der Waals surface area contributed by atoms with E-state index in [0.29, 0.717) is 0 Å². The number of aliphatic hydroxyl groups is 1. The minimum atomic E-state index is -0.731. The molecule has 8 heteroatoms. The van der Waals surface area contributed by atoms with Crippen LogP contribution >= 0.6 is 0 Å². The Labute approximate surface area is 140 Å². The van der Waals surface area contributed by atoms with Crippen molar-refractivity contribution in [3.05, 3.63) is 22.7 Å². The number of anilines is 1. The number of nitrogens with zero attached hydrogens (tertiary/aromatic N) is 2. The van der Waals surface area contributed by atoms with Crippen molar-refractivity contribution >= 4 is 11.7 Å². The van der Waals surface area contributed by atoms with E-state index in [1.54, 1.807) is 6.07 Å². The molecule has 1 aromatic rings. The van der Waals surface area contributed by atoms with Crippen molar-refractivity contribution in [1.29, 1.82) is 0 Å². The molecule has 2 N–H and O–H groups in total. The van der Waals surface area contributed by atoms with E-state index in [4.69, 9.17) is 14.6 Å². The fraction of sp³-hybridized carbons (Fsp3) is 0.688. The van der Waals surface area contributed by atoms with Gasteiger partial charge in [0.05, 0.1) is 13.2 Å². The number of aromatic nitrogens is 2. The Hall–Kier alpha value is -1.77. The van der Waals surface area contributed by atoms with Crippen LogP contribution in [0.25, 0.3) is 0 Å². The van der Waals surface area contributed by atoms with E-state index in [-0.39, 0.29) is 30.9 Å². The molecule has 1 fully saturated rings. The van der Waals surface area contributed by atoms with E-state index in [1.807, 2.05) is 6.92 Å². The number of unbranched alkanes of at least 4 members (excludes halogenated alkanes) is 1. The summed E-state index contributed by atoms with van der Waals surface area (Å²) in [6.45, 7) is 3.94. The second-order valence-electron chi connectivity index (χ2n) is 5.78. The van der Waals surface area contributed by atoms with Crippen molar-refractivity contribution in [3.63, 3.8) is 0 Å². The average molecular weight is 339 g/mol. The molecule has 0 spiro atoms. The number of carbonyl (C=O) groups is 1. The summed E-state index contributed by atoms with van der Waals surface area (Å²) >= 11 is 0. The number of hydrogen-bond donors (Lipinski definition) is 2. The van der Waals surface area contributed by atoms with Gasteiger partial charge in [-0.3, -0.25) is 9.36 Å². The SMILES string of the molecule is CCCCC(CC)C(=O)Nc1ccn([C@@H]2CO[C@H](CO)O2)c(=O)n1. The summed E-state index contributed by atoms with van der Waals surface area (Å²) in [7, 11) is 0. The van der Waals surface area contributed by atoms with E-state index in [0.717, 1.165) is 25.7 Å². The van der Waals surface area contributed by atoms with E-state index < -0.39 is 18.2 Å². The Balaban J connectivity index is 2.01. The van der Waals surface area contributed by atoms with Crippen LogP contribution in [0.2, 0.25) is 0 Å². The third kappa shape index (κ3) is 4.62. The molecule has 1 aromatic heterocycles. The van der Waals surface area contributed by atoms with Crippen LogP contribution in [0.15, 0.2) is 17.1 Å². The molecule has 1 aliphatic rings. The Kier molecular flexibility index (Phi) is 6.89. The van der Waals surface area contributed by atoms with Crippen molar-refractivity contribution in [2.75, 3.05) is 18.5 Å². The topological polar surface area (TPSA) is 103 Å². The molecule has 1 amide bonds. The standard InChI is InChI=1S/C16H25N3O5/c1-3-5-6-11(4-2)15(21)17-12-7-8-19(16(22)18-12)13-10-23-14(9-20)24-13/h7-8,11,13-14,20H,3-6,9-10H2,1-2H3,(H,17,18,21,22)/t11?,13-,14-/m0/s1.